The van der Waals surface area contributed by atoms with Gasteiger partial charge in [-0.3, -0.25) is 4.79 Å². The van der Waals surface area contributed by atoms with Crippen molar-refractivity contribution in [3.63, 3.8) is 0 Å². The van der Waals surface area contributed by atoms with E-state index in [2.05, 4.69) is 55.4 Å². The summed E-state index contributed by atoms with van der Waals surface area (Å²) in [4.78, 5) is 18.4. The highest BCUT2D eigenvalue weighted by Crippen LogP contribution is 2.38. The fraction of sp³-hybridized carbons (Fsp3) is 0.971. The molecule has 0 aromatic carbocycles. The third-order valence-electron chi connectivity index (χ3n) is 8.38. The smallest absolute Gasteiger partial charge is 0.325 e. The van der Waals surface area contributed by atoms with Gasteiger partial charge in [-0.2, -0.15) is 0 Å². The first kappa shape index (κ1) is 36.4. The summed E-state index contributed by atoms with van der Waals surface area (Å²) in [6.45, 7) is 19.8. The zero-order valence-corrected chi connectivity index (χ0v) is 27.5. The number of carbonyl (C=O) groups is 1. The molecule has 0 aromatic heterocycles. The standard InChI is InChI=1S/C34H67NO4/c1-9-11-21-30(23-19-28-37-29-34(7,8)38-27-10-2)22-17-15-13-12-14-16-18-24-31(36)39-35-32(3,4)25-20-26-33(35,5)6/h30H,9-29H2,1-8H3. The van der Waals surface area contributed by atoms with Crippen molar-refractivity contribution in [2.24, 2.45) is 5.92 Å². The summed E-state index contributed by atoms with van der Waals surface area (Å²) in [6, 6.07) is 0. The quantitative estimate of drug-likeness (QED) is 0.118. The van der Waals surface area contributed by atoms with Crippen molar-refractivity contribution in [3.8, 4) is 0 Å². The van der Waals surface area contributed by atoms with Crippen LogP contribution in [0.1, 0.15) is 171 Å². The monoisotopic (exact) mass is 554 g/mol. The van der Waals surface area contributed by atoms with E-state index in [0.29, 0.717) is 13.0 Å². The minimum atomic E-state index is -0.178. The molecule has 1 aliphatic heterocycles. The summed E-state index contributed by atoms with van der Waals surface area (Å²) >= 11 is 0. The number of nitrogens with zero attached hydrogens (tertiary/aromatic N) is 1. The largest absolute Gasteiger partial charge is 0.378 e. The van der Waals surface area contributed by atoms with Crippen LogP contribution in [0, 0.1) is 5.92 Å². The van der Waals surface area contributed by atoms with Gasteiger partial charge in [-0.25, -0.2) is 0 Å². The van der Waals surface area contributed by atoms with Crippen molar-refractivity contribution in [1.29, 1.82) is 0 Å². The molecular weight excluding hydrogens is 486 g/mol. The molecule has 0 bridgehead atoms. The summed E-state index contributed by atoms with van der Waals surface area (Å²) in [7, 11) is 0. The maximum atomic E-state index is 12.5. The van der Waals surface area contributed by atoms with Gasteiger partial charge in [-0.15, -0.1) is 5.06 Å². The molecule has 0 spiro atoms. The number of piperidine rings is 1. The normalized spacial score (nSPS) is 18.3. The molecule has 232 valence electrons. The zero-order chi connectivity index (χ0) is 29.2. The average molecular weight is 554 g/mol. The van der Waals surface area contributed by atoms with Crippen LogP contribution < -0.4 is 0 Å². The van der Waals surface area contributed by atoms with Gasteiger partial charge in [-0.05, 0) is 92.4 Å². The number of hydroxylamine groups is 2. The van der Waals surface area contributed by atoms with Crippen LogP contribution >= 0.6 is 0 Å². The van der Waals surface area contributed by atoms with Gasteiger partial charge in [0.1, 0.15) is 0 Å². The second kappa shape index (κ2) is 19.5. The van der Waals surface area contributed by atoms with Crippen LogP contribution in [0.15, 0.2) is 0 Å². The second-order valence-electron chi connectivity index (χ2n) is 14.1. The van der Waals surface area contributed by atoms with Crippen molar-refractivity contribution in [3.05, 3.63) is 0 Å². The lowest BCUT2D eigenvalue weighted by molar-refractivity contribution is -0.265. The van der Waals surface area contributed by atoms with Gasteiger partial charge in [0, 0.05) is 19.6 Å². The highest BCUT2D eigenvalue weighted by Gasteiger charge is 2.44. The predicted octanol–water partition coefficient (Wildman–Crippen LogP) is 9.81. The Balaban J connectivity index is 2.12. The number of carbonyl (C=O) groups excluding carboxylic acids is 1. The Labute approximate surface area is 243 Å². The molecule has 5 heteroatoms. The number of rotatable bonds is 23. The molecule has 0 saturated carbocycles. The van der Waals surface area contributed by atoms with E-state index in [1.54, 1.807) is 0 Å². The van der Waals surface area contributed by atoms with Gasteiger partial charge >= 0.3 is 5.97 Å². The summed E-state index contributed by atoms with van der Waals surface area (Å²) in [5, 5.41) is 1.98. The lowest BCUT2D eigenvalue weighted by Gasteiger charge is -2.50. The topological polar surface area (TPSA) is 48.0 Å². The van der Waals surface area contributed by atoms with E-state index in [-0.39, 0.29) is 22.6 Å². The lowest BCUT2D eigenvalue weighted by Crippen LogP contribution is -2.58. The Hall–Kier alpha value is -0.650. The van der Waals surface area contributed by atoms with Crippen LogP contribution in [0.5, 0.6) is 0 Å². The number of hydrogen-bond acceptors (Lipinski definition) is 5. The summed E-state index contributed by atoms with van der Waals surface area (Å²) in [5.74, 6) is 0.786. The van der Waals surface area contributed by atoms with Crippen molar-refractivity contribution >= 4 is 5.97 Å². The summed E-state index contributed by atoms with van der Waals surface area (Å²) < 4.78 is 11.8. The maximum absolute atomic E-state index is 12.5. The van der Waals surface area contributed by atoms with E-state index in [0.717, 1.165) is 57.7 Å². The first-order valence-electron chi connectivity index (χ1n) is 16.7. The maximum Gasteiger partial charge on any atom is 0.325 e. The SMILES string of the molecule is CCCCC(CCCCCCCCCC(=O)ON1C(C)(C)CCCC1(C)C)CCCOCC(C)(C)OCCC. The Kier molecular flexibility index (Phi) is 18.2. The fourth-order valence-corrected chi connectivity index (χ4v) is 6.09. The molecule has 39 heavy (non-hydrogen) atoms. The lowest BCUT2D eigenvalue weighted by atomic mass is 9.82. The van der Waals surface area contributed by atoms with E-state index in [1.165, 1.54) is 70.6 Å². The first-order chi connectivity index (χ1) is 18.4. The Morgan fingerprint density at radius 1 is 0.769 bits per heavy atom. The van der Waals surface area contributed by atoms with Crippen LogP contribution in [0.3, 0.4) is 0 Å². The second-order valence-corrected chi connectivity index (χ2v) is 14.1. The molecule has 1 fully saturated rings. The van der Waals surface area contributed by atoms with E-state index >= 15 is 0 Å². The molecule has 1 saturated heterocycles. The molecule has 0 N–H and O–H groups in total. The molecule has 1 atom stereocenters. The minimum absolute atomic E-state index is 0.0601. The van der Waals surface area contributed by atoms with Crippen molar-refractivity contribution in [2.45, 2.75) is 188 Å². The number of hydrogen-bond donors (Lipinski definition) is 0. The van der Waals surface area contributed by atoms with Gasteiger partial charge in [0.05, 0.1) is 23.3 Å². The zero-order valence-electron chi connectivity index (χ0n) is 27.5. The molecule has 1 heterocycles. The number of unbranched alkanes of at least 4 members (excludes halogenated alkanes) is 7. The molecule has 0 aromatic rings. The fourth-order valence-electron chi connectivity index (χ4n) is 6.09. The predicted molar refractivity (Wildman–Crippen MR) is 165 cm³/mol. The molecule has 1 aliphatic rings. The number of ether oxygens (including phenoxy) is 2. The van der Waals surface area contributed by atoms with Crippen molar-refractivity contribution in [2.75, 3.05) is 19.8 Å². The van der Waals surface area contributed by atoms with E-state index in [4.69, 9.17) is 14.3 Å². The van der Waals surface area contributed by atoms with Gasteiger partial charge in [0.25, 0.3) is 0 Å². The Bertz CT molecular complexity index is 615. The van der Waals surface area contributed by atoms with Crippen LogP contribution in [0.4, 0.5) is 0 Å². The summed E-state index contributed by atoms with van der Waals surface area (Å²) in [6.07, 6.45) is 21.3. The van der Waals surface area contributed by atoms with Crippen LogP contribution in [0.25, 0.3) is 0 Å². The van der Waals surface area contributed by atoms with E-state index in [1.807, 2.05) is 5.06 Å². The molecule has 1 rings (SSSR count). The van der Waals surface area contributed by atoms with Crippen molar-refractivity contribution in [1.82, 2.24) is 5.06 Å². The third kappa shape index (κ3) is 16.4. The van der Waals surface area contributed by atoms with Crippen molar-refractivity contribution < 1.29 is 19.1 Å². The Morgan fingerprint density at radius 3 is 1.95 bits per heavy atom. The highest BCUT2D eigenvalue weighted by molar-refractivity contribution is 5.69. The van der Waals surface area contributed by atoms with Crippen LogP contribution in [-0.2, 0) is 19.1 Å². The van der Waals surface area contributed by atoms with Gasteiger partial charge in [-0.1, -0.05) is 78.1 Å². The van der Waals surface area contributed by atoms with E-state index < -0.39 is 0 Å². The minimum Gasteiger partial charge on any atom is -0.378 e. The molecule has 1 unspecified atom stereocenters. The molecule has 0 amide bonds. The van der Waals surface area contributed by atoms with E-state index in [9.17, 15) is 4.79 Å². The summed E-state index contributed by atoms with van der Waals surface area (Å²) in [5.41, 5.74) is -0.342. The molecule has 0 aliphatic carbocycles. The van der Waals surface area contributed by atoms with Gasteiger partial charge in [0.2, 0.25) is 0 Å². The average Bonchev–Trinajstić information content (AvgIpc) is 2.86. The third-order valence-corrected chi connectivity index (χ3v) is 8.38. The van der Waals surface area contributed by atoms with Crippen LogP contribution in [0.2, 0.25) is 0 Å². The highest BCUT2D eigenvalue weighted by atomic mass is 16.7. The van der Waals surface area contributed by atoms with Gasteiger partial charge < -0.3 is 14.3 Å². The molecular formula is C34H67NO4. The van der Waals surface area contributed by atoms with Crippen LogP contribution in [-0.4, -0.2) is 47.5 Å². The molecule has 0 radical (unpaired) electrons. The first-order valence-corrected chi connectivity index (χ1v) is 16.7. The Morgan fingerprint density at radius 2 is 1.33 bits per heavy atom. The van der Waals surface area contributed by atoms with Gasteiger partial charge in [0.15, 0.2) is 0 Å². The molecule has 5 nitrogen and oxygen atoms in total.